The molecule has 6 nitrogen and oxygen atoms in total. The van der Waals surface area contributed by atoms with Gasteiger partial charge in [-0.2, -0.15) is 0 Å². The standard InChI is InChI=1S/C10H9BrN4O2/c1-6-8(15(16)17)5-13-10(9(6)11)14-4-3-12-7(14)2/h3-5H,1-2H3. The molecule has 2 aromatic heterocycles. The number of rotatable bonds is 2. The van der Waals surface area contributed by atoms with Crippen LogP contribution in [0.15, 0.2) is 23.1 Å². The monoisotopic (exact) mass is 296 g/mol. The van der Waals surface area contributed by atoms with Crippen LogP contribution in [0, 0.1) is 24.0 Å². The molecule has 0 aromatic carbocycles. The van der Waals surface area contributed by atoms with E-state index in [1.807, 2.05) is 6.92 Å². The lowest BCUT2D eigenvalue weighted by Gasteiger charge is -2.08. The van der Waals surface area contributed by atoms with Crippen LogP contribution in [-0.4, -0.2) is 19.5 Å². The smallest absolute Gasteiger partial charge is 0.287 e. The van der Waals surface area contributed by atoms with E-state index in [4.69, 9.17) is 0 Å². The van der Waals surface area contributed by atoms with Crippen molar-refractivity contribution < 1.29 is 4.92 Å². The van der Waals surface area contributed by atoms with Gasteiger partial charge in [0, 0.05) is 18.0 Å². The van der Waals surface area contributed by atoms with E-state index in [1.54, 1.807) is 23.9 Å². The first-order valence-electron chi connectivity index (χ1n) is 4.82. The molecule has 17 heavy (non-hydrogen) atoms. The summed E-state index contributed by atoms with van der Waals surface area (Å²) in [7, 11) is 0. The molecule has 0 bridgehead atoms. The summed E-state index contributed by atoms with van der Waals surface area (Å²) >= 11 is 3.34. The SMILES string of the molecule is Cc1c([N+](=O)[O-])cnc(-n2ccnc2C)c1Br. The van der Waals surface area contributed by atoms with Crippen LogP contribution in [0.25, 0.3) is 5.82 Å². The highest BCUT2D eigenvalue weighted by Gasteiger charge is 2.18. The van der Waals surface area contributed by atoms with Crippen molar-refractivity contribution in [2.24, 2.45) is 0 Å². The summed E-state index contributed by atoms with van der Waals surface area (Å²) < 4.78 is 2.37. The van der Waals surface area contributed by atoms with Gasteiger partial charge in [0.25, 0.3) is 5.69 Å². The zero-order valence-electron chi connectivity index (χ0n) is 9.22. The molecule has 0 amide bonds. The number of hydrogen-bond acceptors (Lipinski definition) is 4. The van der Waals surface area contributed by atoms with E-state index in [9.17, 15) is 10.1 Å². The van der Waals surface area contributed by atoms with Gasteiger partial charge < -0.3 is 0 Å². The topological polar surface area (TPSA) is 73.8 Å². The fourth-order valence-corrected chi connectivity index (χ4v) is 2.01. The van der Waals surface area contributed by atoms with Gasteiger partial charge in [-0.05, 0) is 29.8 Å². The molecule has 0 unspecified atom stereocenters. The Hall–Kier alpha value is -1.76. The van der Waals surface area contributed by atoms with Crippen LogP contribution >= 0.6 is 15.9 Å². The number of pyridine rings is 1. The highest BCUT2D eigenvalue weighted by molar-refractivity contribution is 9.10. The Kier molecular flexibility index (Phi) is 2.93. The summed E-state index contributed by atoms with van der Waals surface area (Å²) in [4.78, 5) is 18.5. The first-order valence-corrected chi connectivity index (χ1v) is 5.61. The zero-order valence-corrected chi connectivity index (χ0v) is 10.8. The highest BCUT2D eigenvalue weighted by Crippen LogP contribution is 2.29. The number of aryl methyl sites for hydroxylation is 1. The van der Waals surface area contributed by atoms with E-state index >= 15 is 0 Å². The lowest BCUT2D eigenvalue weighted by Crippen LogP contribution is -2.03. The molecule has 0 aliphatic rings. The molecule has 0 aliphatic heterocycles. The summed E-state index contributed by atoms with van der Waals surface area (Å²) in [6.07, 6.45) is 4.67. The third-order valence-corrected chi connectivity index (χ3v) is 3.42. The first kappa shape index (κ1) is 11.7. The van der Waals surface area contributed by atoms with Crippen molar-refractivity contribution in [1.29, 1.82) is 0 Å². The lowest BCUT2D eigenvalue weighted by atomic mass is 10.2. The Labute approximate surface area is 106 Å². The van der Waals surface area contributed by atoms with E-state index in [-0.39, 0.29) is 5.69 Å². The van der Waals surface area contributed by atoms with Crippen molar-refractivity contribution in [3.8, 4) is 5.82 Å². The van der Waals surface area contributed by atoms with Crippen molar-refractivity contribution in [3.63, 3.8) is 0 Å². The average molecular weight is 297 g/mol. The summed E-state index contributed by atoms with van der Waals surface area (Å²) in [5, 5.41) is 10.8. The van der Waals surface area contributed by atoms with Gasteiger partial charge in [0.1, 0.15) is 12.0 Å². The minimum atomic E-state index is -0.447. The minimum absolute atomic E-state index is 0.00149. The second-order valence-corrected chi connectivity index (χ2v) is 4.30. The quantitative estimate of drug-likeness (QED) is 0.630. The molecule has 0 fully saturated rings. The zero-order chi connectivity index (χ0) is 12.6. The Bertz CT molecular complexity index is 594. The van der Waals surface area contributed by atoms with Crippen molar-refractivity contribution in [3.05, 3.63) is 44.6 Å². The molecule has 0 aliphatic carbocycles. The maximum atomic E-state index is 10.8. The first-order chi connectivity index (χ1) is 8.02. The summed E-state index contributed by atoms with van der Waals surface area (Å²) in [6, 6.07) is 0. The van der Waals surface area contributed by atoms with Gasteiger partial charge in [-0.15, -0.1) is 0 Å². The van der Waals surface area contributed by atoms with E-state index in [0.717, 1.165) is 5.82 Å². The third-order valence-electron chi connectivity index (χ3n) is 2.47. The van der Waals surface area contributed by atoms with Crippen molar-refractivity contribution in [1.82, 2.24) is 14.5 Å². The van der Waals surface area contributed by atoms with Crippen LogP contribution in [0.4, 0.5) is 5.69 Å². The molecular weight excluding hydrogens is 288 g/mol. The molecule has 0 spiro atoms. The summed E-state index contributed by atoms with van der Waals surface area (Å²) in [5.41, 5.74) is 0.548. The van der Waals surface area contributed by atoms with Crippen LogP contribution in [-0.2, 0) is 0 Å². The van der Waals surface area contributed by atoms with Gasteiger partial charge in [0.2, 0.25) is 0 Å². The van der Waals surface area contributed by atoms with Crippen LogP contribution in [0.2, 0.25) is 0 Å². The second kappa shape index (κ2) is 4.25. The van der Waals surface area contributed by atoms with Crippen molar-refractivity contribution in [2.75, 3.05) is 0 Å². The van der Waals surface area contributed by atoms with Crippen LogP contribution in [0.1, 0.15) is 11.4 Å². The number of aromatic nitrogens is 3. The van der Waals surface area contributed by atoms with Crippen LogP contribution < -0.4 is 0 Å². The van der Waals surface area contributed by atoms with Gasteiger partial charge in [-0.3, -0.25) is 14.7 Å². The Morgan fingerprint density at radius 2 is 2.12 bits per heavy atom. The molecule has 0 atom stereocenters. The molecule has 2 rings (SSSR count). The van der Waals surface area contributed by atoms with Gasteiger partial charge in [0.05, 0.1) is 9.40 Å². The van der Waals surface area contributed by atoms with E-state index in [1.165, 1.54) is 6.20 Å². The molecule has 2 aromatic rings. The number of nitro groups is 1. The number of nitrogens with zero attached hydrogens (tertiary/aromatic N) is 4. The Morgan fingerprint density at radius 3 is 2.65 bits per heavy atom. The molecule has 2 heterocycles. The molecule has 0 N–H and O–H groups in total. The maximum absolute atomic E-state index is 10.8. The number of imidazole rings is 1. The molecule has 7 heteroatoms. The van der Waals surface area contributed by atoms with Gasteiger partial charge in [-0.1, -0.05) is 0 Å². The normalized spacial score (nSPS) is 10.5. The molecule has 0 saturated heterocycles. The Morgan fingerprint density at radius 1 is 1.41 bits per heavy atom. The van der Waals surface area contributed by atoms with Crippen molar-refractivity contribution >= 4 is 21.6 Å². The lowest BCUT2D eigenvalue weighted by molar-refractivity contribution is -0.385. The van der Waals surface area contributed by atoms with Gasteiger partial charge in [-0.25, -0.2) is 9.97 Å². The largest absolute Gasteiger partial charge is 0.291 e. The number of hydrogen-bond donors (Lipinski definition) is 0. The number of halogens is 1. The third kappa shape index (κ3) is 1.93. The van der Waals surface area contributed by atoms with E-state index < -0.39 is 4.92 Å². The second-order valence-electron chi connectivity index (χ2n) is 3.51. The highest BCUT2D eigenvalue weighted by atomic mass is 79.9. The Balaban J connectivity index is 2.63. The van der Waals surface area contributed by atoms with E-state index in [0.29, 0.717) is 15.9 Å². The molecule has 0 saturated carbocycles. The molecular formula is C10H9BrN4O2. The summed E-state index contributed by atoms with van der Waals surface area (Å²) in [5.74, 6) is 1.37. The fourth-order valence-electron chi connectivity index (χ4n) is 1.51. The predicted octanol–water partition coefficient (Wildman–Crippen LogP) is 2.55. The molecule has 88 valence electrons. The van der Waals surface area contributed by atoms with Crippen LogP contribution in [0.3, 0.4) is 0 Å². The van der Waals surface area contributed by atoms with Gasteiger partial charge in [0.15, 0.2) is 5.82 Å². The predicted molar refractivity (Wildman–Crippen MR) is 65.2 cm³/mol. The van der Waals surface area contributed by atoms with E-state index in [2.05, 4.69) is 25.9 Å². The minimum Gasteiger partial charge on any atom is -0.287 e. The molecule has 0 radical (unpaired) electrons. The maximum Gasteiger partial charge on any atom is 0.291 e. The average Bonchev–Trinajstić information content (AvgIpc) is 2.68. The van der Waals surface area contributed by atoms with Crippen LogP contribution in [0.5, 0.6) is 0 Å². The fraction of sp³-hybridized carbons (Fsp3) is 0.200. The van der Waals surface area contributed by atoms with Gasteiger partial charge >= 0.3 is 0 Å². The summed E-state index contributed by atoms with van der Waals surface area (Å²) in [6.45, 7) is 3.52. The van der Waals surface area contributed by atoms with Crippen molar-refractivity contribution in [2.45, 2.75) is 13.8 Å².